The number of amides is 2. The molecule has 4 rings (SSSR count). The predicted octanol–water partition coefficient (Wildman–Crippen LogP) is 3.14. The summed E-state index contributed by atoms with van der Waals surface area (Å²) in [5.74, 6) is -0.461. The van der Waals surface area contributed by atoms with E-state index in [1.165, 1.54) is 24.3 Å². The van der Waals surface area contributed by atoms with Gasteiger partial charge in [0.2, 0.25) is 5.91 Å². The lowest BCUT2D eigenvalue weighted by Gasteiger charge is -2.34. The van der Waals surface area contributed by atoms with Gasteiger partial charge in [-0.05, 0) is 30.3 Å². The van der Waals surface area contributed by atoms with Crippen LogP contribution in [0.3, 0.4) is 0 Å². The van der Waals surface area contributed by atoms with Gasteiger partial charge < -0.3 is 14.8 Å². The normalized spacial score (nSPS) is 14.4. The second-order valence-corrected chi connectivity index (χ2v) is 7.29. The lowest BCUT2D eigenvalue weighted by atomic mass is 10.1. The fraction of sp³-hybridized carbons (Fsp3) is 0.273. The number of hydrogen-bond acceptors (Lipinski definition) is 3. The molecule has 158 valence electrons. The van der Waals surface area contributed by atoms with Crippen LogP contribution in [0.25, 0.3) is 10.9 Å². The average Bonchev–Trinajstić information content (AvgIpc) is 3.07. The molecule has 1 aliphatic heterocycles. The van der Waals surface area contributed by atoms with Crippen LogP contribution in [0.1, 0.15) is 10.4 Å². The van der Waals surface area contributed by atoms with Crippen molar-refractivity contribution in [2.24, 2.45) is 7.05 Å². The number of nitrogens with one attached hydrogen (secondary N) is 1. The van der Waals surface area contributed by atoms with Crippen LogP contribution in [0.2, 0.25) is 0 Å². The molecule has 1 aromatic heterocycles. The maximum Gasteiger partial charge on any atom is 0.256 e. The molecule has 6 nitrogen and oxygen atoms in total. The number of benzene rings is 2. The molecule has 0 aliphatic carbocycles. The van der Waals surface area contributed by atoms with Crippen LogP contribution in [-0.2, 0) is 11.8 Å². The third kappa shape index (κ3) is 4.63. The van der Waals surface area contributed by atoms with Crippen molar-refractivity contribution in [3.8, 4) is 0 Å². The molecule has 0 bridgehead atoms. The van der Waals surface area contributed by atoms with Gasteiger partial charge in [-0.25, -0.2) is 4.39 Å². The number of aryl methyl sites for hydroxylation is 1. The summed E-state index contributed by atoms with van der Waals surface area (Å²) in [6.45, 7) is 2.66. The van der Waals surface area contributed by atoms with Crippen LogP contribution < -0.4 is 5.32 Å². The van der Waals surface area contributed by atoms with Crippen LogP contribution in [0, 0.1) is 5.82 Å². The van der Waals surface area contributed by atoms with Crippen molar-refractivity contribution in [1.82, 2.24) is 14.4 Å². The van der Waals surface area contributed by atoms with E-state index in [1.807, 2.05) is 51.9 Å². The Balaban J connectivity index is 0.00000256. The molecule has 1 N–H and O–H groups in total. The van der Waals surface area contributed by atoms with E-state index < -0.39 is 0 Å². The van der Waals surface area contributed by atoms with Gasteiger partial charge in [0.15, 0.2) is 0 Å². The highest BCUT2D eigenvalue weighted by Crippen LogP contribution is 2.22. The molecular weight excluding hydrogens is 407 g/mol. The average molecular weight is 431 g/mol. The van der Waals surface area contributed by atoms with E-state index in [4.69, 9.17) is 0 Å². The molecule has 0 saturated carbocycles. The summed E-state index contributed by atoms with van der Waals surface area (Å²) in [7, 11) is 1.94. The van der Waals surface area contributed by atoms with Gasteiger partial charge in [0.1, 0.15) is 5.82 Å². The van der Waals surface area contributed by atoms with E-state index in [0.717, 1.165) is 10.9 Å². The molecule has 2 aromatic carbocycles. The predicted molar refractivity (Wildman–Crippen MR) is 118 cm³/mol. The first-order valence-corrected chi connectivity index (χ1v) is 9.62. The van der Waals surface area contributed by atoms with Crippen molar-refractivity contribution in [3.63, 3.8) is 0 Å². The molecule has 0 radical (unpaired) electrons. The van der Waals surface area contributed by atoms with E-state index in [0.29, 0.717) is 37.4 Å². The van der Waals surface area contributed by atoms with Crippen LogP contribution in [0.4, 0.5) is 10.1 Å². The summed E-state index contributed by atoms with van der Waals surface area (Å²) in [5.41, 5.74) is 2.32. The van der Waals surface area contributed by atoms with Gasteiger partial charge in [0.25, 0.3) is 5.91 Å². The largest absolute Gasteiger partial charge is 0.350 e. The molecule has 0 unspecified atom stereocenters. The highest BCUT2D eigenvalue weighted by Gasteiger charge is 2.25. The van der Waals surface area contributed by atoms with Gasteiger partial charge in [0, 0.05) is 56.0 Å². The Hall–Kier alpha value is -2.90. The Bertz CT molecular complexity index is 1040. The molecule has 2 amide bonds. The number of aromatic nitrogens is 1. The maximum atomic E-state index is 13.0. The number of anilines is 1. The highest BCUT2D eigenvalue weighted by atomic mass is 35.5. The van der Waals surface area contributed by atoms with Gasteiger partial charge in [-0.1, -0.05) is 18.2 Å². The maximum absolute atomic E-state index is 13.0. The smallest absolute Gasteiger partial charge is 0.256 e. The lowest BCUT2D eigenvalue weighted by molar-refractivity contribution is -0.117. The highest BCUT2D eigenvalue weighted by molar-refractivity contribution is 6.07. The molecule has 8 heteroatoms. The molecule has 0 spiro atoms. The molecule has 3 aromatic rings. The SMILES string of the molecule is Cl.Cn1cc(C(=O)N2CCN(CC(=O)Nc3ccc(F)cc3)CC2)c2ccccc21. The van der Waals surface area contributed by atoms with Crippen molar-refractivity contribution >= 4 is 40.8 Å². The van der Waals surface area contributed by atoms with Gasteiger partial charge in [-0.3, -0.25) is 14.5 Å². The zero-order valence-corrected chi connectivity index (χ0v) is 17.5. The number of halogens is 2. The molecular formula is C22H24ClFN4O2. The second-order valence-electron chi connectivity index (χ2n) is 7.29. The molecule has 1 fully saturated rings. The number of carbonyl (C=O) groups is 2. The van der Waals surface area contributed by atoms with Crippen molar-refractivity contribution in [2.45, 2.75) is 0 Å². The van der Waals surface area contributed by atoms with E-state index in [-0.39, 0.29) is 36.6 Å². The van der Waals surface area contributed by atoms with Crippen molar-refractivity contribution in [1.29, 1.82) is 0 Å². The molecule has 1 aliphatic rings. The fourth-order valence-electron chi connectivity index (χ4n) is 3.73. The van der Waals surface area contributed by atoms with Crippen LogP contribution in [0.15, 0.2) is 54.7 Å². The third-order valence-corrected chi connectivity index (χ3v) is 5.28. The van der Waals surface area contributed by atoms with Crippen LogP contribution >= 0.6 is 12.4 Å². The first-order chi connectivity index (χ1) is 14.0. The minimum Gasteiger partial charge on any atom is -0.350 e. The van der Waals surface area contributed by atoms with Gasteiger partial charge >= 0.3 is 0 Å². The zero-order valence-electron chi connectivity index (χ0n) is 16.7. The Morgan fingerprint density at radius 2 is 1.67 bits per heavy atom. The van der Waals surface area contributed by atoms with Crippen LogP contribution in [-0.4, -0.2) is 58.9 Å². The van der Waals surface area contributed by atoms with Gasteiger partial charge in [-0.15, -0.1) is 12.4 Å². The minimum absolute atomic E-state index is 0. The number of rotatable bonds is 4. The van der Waals surface area contributed by atoms with E-state index >= 15 is 0 Å². The quantitative estimate of drug-likeness (QED) is 0.691. The monoisotopic (exact) mass is 430 g/mol. The number of para-hydroxylation sites is 1. The summed E-state index contributed by atoms with van der Waals surface area (Å²) in [4.78, 5) is 29.1. The molecule has 0 atom stereocenters. The summed E-state index contributed by atoms with van der Waals surface area (Å²) >= 11 is 0. The summed E-state index contributed by atoms with van der Waals surface area (Å²) in [5, 5.41) is 3.73. The van der Waals surface area contributed by atoms with Gasteiger partial charge in [-0.2, -0.15) is 0 Å². The standard InChI is InChI=1S/C22H23FN4O2.ClH/c1-25-14-19(18-4-2-3-5-20(18)25)22(29)27-12-10-26(11-13-27)15-21(28)24-17-8-6-16(23)7-9-17;/h2-9,14H,10-13,15H2,1H3,(H,24,28);1H. The Labute approximate surface area is 180 Å². The van der Waals surface area contributed by atoms with E-state index in [2.05, 4.69) is 5.32 Å². The number of fused-ring (bicyclic) bond motifs is 1. The first-order valence-electron chi connectivity index (χ1n) is 9.62. The van der Waals surface area contributed by atoms with Crippen molar-refractivity contribution in [3.05, 3.63) is 66.1 Å². The summed E-state index contributed by atoms with van der Waals surface area (Å²) in [6.07, 6.45) is 1.88. The molecule has 1 saturated heterocycles. The fourth-order valence-corrected chi connectivity index (χ4v) is 3.73. The number of piperazine rings is 1. The van der Waals surface area contributed by atoms with Crippen molar-refractivity contribution in [2.75, 3.05) is 38.0 Å². The topological polar surface area (TPSA) is 57.6 Å². The third-order valence-electron chi connectivity index (χ3n) is 5.28. The Morgan fingerprint density at radius 3 is 2.37 bits per heavy atom. The summed E-state index contributed by atoms with van der Waals surface area (Å²) < 4.78 is 14.9. The Kier molecular flexibility index (Phi) is 6.74. The second kappa shape index (κ2) is 9.28. The number of carbonyl (C=O) groups excluding carboxylic acids is 2. The minimum atomic E-state index is -0.338. The van der Waals surface area contributed by atoms with Crippen LogP contribution in [0.5, 0.6) is 0 Å². The van der Waals surface area contributed by atoms with Gasteiger partial charge in [0.05, 0.1) is 12.1 Å². The van der Waals surface area contributed by atoms with E-state index in [1.54, 1.807) is 0 Å². The Morgan fingerprint density at radius 1 is 1.00 bits per heavy atom. The van der Waals surface area contributed by atoms with E-state index in [9.17, 15) is 14.0 Å². The zero-order chi connectivity index (χ0) is 20.4. The number of hydrogen-bond donors (Lipinski definition) is 1. The molecule has 2 heterocycles. The van der Waals surface area contributed by atoms with Crippen molar-refractivity contribution < 1.29 is 14.0 Å². The lowest BCUT2D eigenvalue weighted by Crippen LogP contribution is -2.50. The first kappa shape index (κ1) is 21.8. The molecule has 30 heavy (non-hydrogen) atoms. The summed E-state index contributed by atoms with van der Waals surface area (Å²) in [6, 6.07) is 13.6. The number of nitrogens with zero attached hydrogens (tertiary/aromatic N) is 3.